The maximum Gasteiger partial charge on any atom is 0.350 e. The van der Waals surface area contributed by atoms with E-state index in [4.69, 9.17) is 16.3 Å². The van der Waals surface area contributed by atoms with Gasteiger partial charge in [0, 0.05) is 18.6 Å². The van der Waals surface area contributed by atoms with Crippen molar-refractivity contribution < 1.29 is 9.53 Å². The molecule has 0 spiro atoms. The number of aliphatic imine (C=N–C) groups is 1. The molecule has 0 fully saturated rings. The monoisotopic (exact) mass is 394 g/mol. The van der Waals surface area contributed by atoms with E-state index in [-0.39, 0.29) is 12.0 Å². The lowest BCUT2D eigenvalue weighted by molar-refractivity contribution is 0.0531. The van der Waals surface area contributed by atoms with E-state index >= 15 is 0 Å². The maximum absolute atomic E-state index is 11.9. The van der Waals surface area contributed by atoms with E-state index < -0.39 is 0 Å². The predicted molar refractivity (Wildman–Crippen MR) is 106 cm³/mol. The summed E-state index contributed by atoms with van der Waals surface area (Å²) in [7, 11) is 1.71. The molecule has 8 heteroatoms. The number of benzene rings is 1. The number of hydrogen-bond donors (Lipinski definition) is 2. The number of carbonyl (C=O) groups is 1. The summed E-state index contributed by atoms with van der Waals surface area (Å²) >= 11 is 7.24. The van der Waals surface area contributed by atoms with E-state index in [9.17, 15) is 4.79 Å². The second-order valence-electron chi connectivity index (χ2n) is 5.61. The summed E-state index contributed by atoms with van der Waals surface area (Å²) < 4.78 is 5.07. The van der Waals surface area contributed by atoms with E-state index in [0.717, 1.165) is 10.6 Å². The minimum atomic E-state index is -0.328. The summed E-state index contributed by atoms with van der Waals surface area (Å²) in [5.41, 5.74) is 1.78. The number of nitrogens with one attached hydrogen (secondary N) is 2. The van der Waals surface area contributed by atoms with Gasteiger partial charge in [0.15, 0.2) is 5.96 Å². The van der Waals surface area contributed by atoms with Gasteiger partial charge in [0.2, 0.25) is 0 Å². The van der Waals surface area contributed by atoms with Crippen molar-refractivity contribution in [3.05, 3.63) is 50.4 Å². The number of aryl methyl sites for hydroxylation is 1. The lowest BCUT2D eigenvalue weighted by Crippen LogP contribution is -2.38. The first-order valence-electron chi connectivity index (χ1n) is 8.30. The molecule has 26 heavy (non-hydrogen) atoms. The average Bonchev–Trinajstić information content (AvgIpc) is 3.02. The summed E-state index contributed by atoms with van der Waals surface area (Å²) in [6, 6.07) is 7.53. The van der Waals surface area contributed by atoms with Crippen LogP contribution in [0, 0.1) is 6.92 Å². The molecule has 0 radical (unpaired) electrons. The smallest absolute Gasteiger partial charge is 0.350 e. The fraction of sp³-hybridized carbons (Fsp3) is 0.389. The Kier molecular flexibility index (Phi) is 7.41. The number of hydrogen-bond acceptors (Lipinski definition) is 5. The van der Waals surface area contributed by atoms with Gasteiger partial charge >= 0.3 is 5.97 Å². The number of esters is 1. The molecule has 2 N–H and O–H groups in total. The molecule has 0 aliphatic carbocycles. The third-order valence-electron chi connectivity index (χ3n) is 3.59. The van der Waals surface area contributed by atoms with Gasteiger partial charge < -0.3 is 15.4 Å². The van der Waals surface area contributed by atoms with Gasteiger partial charge in [0.25, 0.3) is 0 Å². The van der Waals surface area contributed by atoms with Gasteiger partial charge in [-0.2, -0.15) is 0 Å². The fourth-order valence-electron chi connectivity index (χ4n) is 2.24. The van der Waals surface area contributed by atoms with Crippen LogP contribution < -0.4 is 10.6 Å². The van der Waals surface area contributed by atoms with Crippen molar-refractivity contribution in [3.8, 4) is 0 Å². The molecule has 0 aliphatic heterocycles. The summed E-state index contributed by atoms with van der Waals surface area (Å²) in [6.45, 7) is 6.54. The van der Waals surface area contributed by atoms with Crippen LogP contribution in [0.3, 0.4) is 0 Å². The molecule has 1 heterocycles. The Morgan fingerprint density at radius 2 is 2.08 bits per heavy atom. The number of halogens is 1. The van der Waals surface area contributed by atoms with E-state index in [1.165, 1.54) is 11.3 Å². The molecule has 2 aromatic rings. The van der Waals surface area contributed by atoms with Crippen LogP contribution in [0.1, 0.15) is 45.8 Å². The van der Waals surface area contributed by atoms with Crippen molar-refractivity contribution in [3.63, 3.8) is 0 Å². The van der Waals surface area contributed by atoms with Gasteiger partial charge in [-0.25, -0.2) is 9.78 Å². The molecule has 0 saturated heterocycles. The number of thiazole rings is 1. The molecule has 0 aliphatic rings. The summed E-state index contributed by atoms with van der Waals surface area (Å²) in [5.74, 6) is 0.323. The molecule has 0 amide bonds. The van der Waals surface area contributed by atoms with Crippen LogP contribution in [0.15, 0.2) is 29.3 Å². The van der Waals surface area contributed by atoms with Crippen LogP contribution in [0.2, 0.25) is 5.02 Å². The number of aromatic nitrogens is 1. The molecular formula is C18H23ClN4O2S. The Bertz CT molecular complexity index is 774. The van der Waals surface area contributed by atoms with Gasteiger partial charge in [-0.1, -0.05) is 23.7 Å². The van der Waals surface area contributed by atoms with Crippen molar-refractivity contribution in [1.29, 1.82) is 0 Å². The molecule has 1 aromatic carbocycles. The number of guanidine groups is 1. The third kappa shape index (κ3) is 5.44. The Morgan fingerprint density at radius 3 is 2.69 bits per heavy atom. The SMILES string of the molecule is CCOC(=O)c1sc(C(C)NC(=NC)NCc2ccc(Cl)cc2)nc1C. The van der Waals surface area contributed by atoms with Gasteiger partial charge in [0.1, 0.15) is 9.88 Å². The summed E-state index contributed by atoms with van der Waals surface area (Å²) in [5, 5.41) is 8.05. The Balaban J connectivity index is 1.98. The Morgan fingerprint density at radius 1 is 1.38 bits per heavy atom. The molecule has 6 nitrogen and oxygen atoms in total. The predicted octanol–water partition coefficient (Wildman–Crippen LogP) is 3.71. The zero-order chi connectivity index (χ0) is 19.1. The van der Waals surface area contributed by atoms with Crippen molar-refractivity contribution in [1.82, 2.24) is 15.6 Å². The maximum atomic E-state index is 11.9. The Hall–Kier alpha value is -2.12. The average molecular weight is 395 g/mol. The van der Waals surface area contributed by atoms with Crippen LogP contribution in [0.5, 0.6) is 0 Å². The second-order valence-corrected chi connectivity index (χ2v) is 7.07. The Labute approximate surface area is 162 Å². The van der Waals surface area contributed by atoms with Crippen LogP contribution >= 0.6 is 22.9 Å². The van der Waals surface area contributed by atoms with Crippen molar-refractivity contribution in [2.75, 3.05) is 13.7 Å². The third-order valence-corrected chi connectivity index (χ3v) is 5.17. The minimum Gasteiger partial charge on any atom is -0.462 e. The van der Waals surface area contributed by atoms with E-state index in [1.807, 2.05) is 38.1 Å². The molecular weight excluding hydrogens is 372 g/mol. The molecule has 1 aromatic heterocycles. The molecule has 2 rings (SSSR count). The fourth-order valence-corrected chi connectivity index (χ4v) is 3.33. The molecule has 1 unspecified atom stereocenters. The molecule has 1 atom stereocenters. The highest BCUT2D eigenvalue weighted by Crippen LogP contribution is 2.24. The summed E-state index contributed by atoms with van der Waals surface area (Å²) in [6.07, 6.45) is 0. The van der Waals surface area contributed by atoms with Crippen LogP contribution in [0.25, 0.3) is 0 Å². The first-order valence-corrected chi connectivity index (χ1v) is 9.50. The topological polar surface area (TPSA) is 75.6 Å². The van der Waals surface area contributed by atoms with E-state index in [1.54, 1.807) is 14.0 Å². The lowest BCUT2D eigenvalue weighted by Gasteiger charge is -2.16. The van der Waals surface area contributed by atoms with Crippen LogP contribution in [-0.4, -0.2) is 30.6 Å². The molecule has 0 bridgehead atoms. The molecule has 0 saturated carbocycles. The van der Waals surface area contributed by atoms with Crippen LogP contribution in [0.4, 0.5) is 0 Å². The normalized spacial score (nSPS) is 12.6. The van der Waals surface area contributed by atoms with E-state index in [2.05, 4.69) is 20.6 Å². The zero-order valence-electron chi connectivity index (χ0n) is 15.3. The number of rotatable bonds is 6. The van der Waals surface area contributed by atoms with Crippen molar-refractivity contribution >= 4 is 34.9 Å². The minimum absolute atomic E-state index is 0.0988. The van der Waals surface area contributed by atoms with E-state index in [0.29, 0.717) is 34.7 Å². The first-order chi connectivity index (χ1) is 12.4. The van der Waals surface area contributed by atoms with Gasteiger partial charge in [-0.15, -0.1) is 11.3 Å². The van der Waals surface area contributed by atoms with Gasteiger partial charge in [0.05, 0.1) is 18.3 Å². The number of ether oxygens (including phenoxy) is 1. The van der Waals surface area contributed by atoms with Crippen LogP contribution in [-0.2, 0) is 11.3 Å². The number of nitrogens with zero attached hydrogens (tertiary/aromatic N) is 2. The highest BCUT2D eigenvalue weighted by Gasteiger charge is 2.20. The zero-order valence-corrected chi connectivity index (χ0v) is 16.9. The second kappa shape index (κ2) is 9.54. The van der Waals surface area contributed by atoms with Gasteiger partial charge in [-0.3, -0.25) is 4.99 Å². The standard InChI is InChI=1S/C18H23ClN4O2S/c1-5-25-17(24)15-11(2)22-16(26-15)12(3)23-18(20-4)21-10-13-6-8-14(19)9-7-13/h6-9,12H,5,10H2,1-4H3,(H2,20,21,23). The number of carbonyl (C=O) groups excluding carboxylic acids is 1. The largest absolute Gasteiger partial charge is 0.462 e. The van der Waals surface area contributed by atoms with Crippen molar-refractivity contribution in [2.45, 2.75) is 33.4 Å². The first kappa shape index (κ1) is 20.2. The highest BCUT2D eigenvalue weighted by molar-refractivity contribution is 7.13. The quantitative estimate of drug-likeness (QED) is 0.443. The summed E-state index contributed by atoms with van der Waals surface area (Å²) in [4.78, 5) is 21.2. The van der Waals surface area contributed by atoms with Gasteiger partial charge in [-0.05, 0) is 38.5 Å². The molecule has 140 valence electrons. The lowest BCUT2D eigenvalue weighted by atomic mass is 10.2. The van der Waals surface area contributed by atoms with Crippen molar-refractivity contribution in [2.24, 2.45) is 4.99 Å². The highest BCUT2D eigenvalue weighted by atomic mass is 35.5.